The van der Waals surface area contributed by atoms with Crippen LogP contribution in [0.5, 0.6) is 0 Å². The number of carboxylic acids is 1. The summed E-state index contributed by atoms with van der Waals surface area (Å²) in [6.07, 6.45) is 4.01. The molecule has 0 radical (unpaired) electrons. The van der Waals surface area contributed by atoms with Gasteiger partial charge in [0.25, 0.3) is 0 Å². The average Bonchev–Trinajstić information content (AvgIpc) is 2.62. The van der Waals surface area contributed by atoms with E-state index in [9.17, 15) is 14.7 Å². The molecule has 1 heterocycles. The molecule has 0 spiro atoms. The van der Waals surface area contributed by atoms with Crippen LogP contribution in [-0.2, 0) is 9.59 Å². The van der Waals surface area contributed by atoms with Gasteiger partial charge in [-0.3, -0.25) is 9.59 Å². The number of likely N-dealkylation sites (tertiary alicyclic amines) is 1. The summed E-state index contributed by atoms with van der Waals surface area (Å²) in [5.74, 6) is -0.499. The Morgan fingerprint density at radius 3 is 2.50 bits per heavy atom. The van der Waals surface area contributed by atoms with E-state index >= 15 is 0 Å². The van der Waals surface area contributed by atoms with Crippen LogP contribution < -0.4 is 0 Å². The van der Waals surface area contributed by atoms with Crippen molar-refractivity contribution in [3.8, 4) is 0 Å². The number of rotatable bonds is 3. The first-order valence-corrected chi connectivity index (χ1v) is 6.13. The highest BCUT2D eigenvalue weighted by Crippen LogP contribution is 2.43. The van der Waals surface area contributed by atoms with Gasteiger partial charge in [0, 0.05) is 13.1 Å². The minimum atomic E-state index is -1.07. The number of hydrogen-bond donors (Lipinski definition) is 1. The zero-order chi connectivity index (χ0) is 11.8. The molecule has 0 bridgehead atoms. The summed E-state index contributed by atoms with van der Waals surface area (Å²) < 4.78 is 0. The maximum absolute atomic E-state index is 12.2. The van der Waals surface area contributed by atoms with Crippen molar-refractivity contribution in [1.82, 2.24) is 4.90 Å². The number of hydrogen-bond acceptors (Lipinski definition) is 2. The van der Waals surface area contributed by atoms with Gasteiger partial charge in [-0.05, 0) is 25.2 Å². The number of carboxylic acid groups (broad SMARTS) is 1. The van der Waals surface area contributed by atoms with E-state index in [2.05, 4.69) is 6.92 Å². The molecular formula is C12H19NO3. The second kappa shape index (κ2) is 4.07. The smallest absolute Gasteiger partial charge is 0.319 e. The number of nitrogens with zero attached hydrogens (tertiary/aromatic N) is 1. The summed E-state index contributed by atoms with van der Waals surface area (Å²) >= 11 is 0. The maximum Gasteiger partial charge on any atom is 0.319 e. The molecule has 2 rings (SSSR count). The van der Waals surface area contributed by atoms with Crippen LogP contribution in [0, 0.1) is 11.3 Å². The normalized spacial score (nSPS) is 27.6. The summed E-state index contributed by atoms with van der Waals surface area (Å²) in [6.45, 7) is 3.62. The molecule has 90 valence electrons. The molecule has 1 N–H and O–H groups in total. The second-order valence-electron chi connectivity index (χ2n) is 5.05. The fourth-order valence-corrected chi connectivity index (χ4v) is 2.70. The van der Waals surface area contributed by atoms with E-state index in [-0.39, 0.29) is 5.91 Å². The van der Waals surface area contributed by atoms with Gasteiger partial charge in [-0.25, -0.2) is 0 Å². The Morgan fingerprint density at radius 2 is 2.12 bits per heavy atom. The Balaban J connectivity index is 2.05. The van der Waals surface area contributed by atoms with Gasteiger partial charge >= 0.3 is 5.97 Å². The minimum absolute atomic E-state index is 0.137. The van der Waals surface area contributed by atoms with Crippen molar-refractivity contribution in [2.75, 3.05) is 13.1 Å². The Bertz CT molecular complexity index is 309. The van der Waals surface area contributed by atoms with Gasteiger partial charge in [0.1, 0.15) is 5.41 Å². The van der Waals surface area contributed by atoms with Gasteiger partial charge < -0.3 is 10.0 Å². The fraction of sp³-hybridized carbons (Fsp3) is 0.833. The lowest BCUT2D eigenvalue weighted by Crippen LogP contribution is -2.52. The number of carbonyl (C=O) groups is 2. The predicted molar refractivity (Wildman–Crippen MR) is 58.9 cm³/mol. The maximum atomic E-state index is 12.2. The predicted octanol–water partition coefficient (Wildman–Crippen LogP) is 1.50. The molecule has 4 nitrogen and oxygen atoms in total. The third-order valence-electron chi connectivity index (χ3n) is 4.18. The summed E-state index contributed by atoms with van der Waals surface area (Å²) in [4.78, 5) is 25.2. The molecule has 1 aliphatic heterocycles. The highest BCUT2D eigenvalue weighted by molar-refractivity contribution is 6.02. The van der Waals surface area contributed by atoms with E-state index in [0.717, 1.165) is 32.4 Å². The molecule has 1 saturated heterocycles. The second-order valence-corrected chi connectivity index (χ2v) is 5.05. The topological polar surface area (TPSA) is 57.6 Å². The van der Waals surface area contributed by atoms with Crippen molar-refractivity contribution >= 4 is 11.9 Å². The lowest BCUT2D eigenvalue weighted by Gasteiger charge is -2.38. The fourth-order valence-electron chi connectivity index (χ4n) is 2.70. The van der Waals surface area contributed by atoms with E-state index < -0.39 is 11.4 Å². The summed E-state index contributed by atoms with van der Waals surface area (Å²) in [5, 5.41) is 9.19. The minimum Gasteiger partial charge on any atom is -0.480 e. The zero-order valence-corrected chi connectivity index (χ0v) is 9.74. The molecule has 0 aromatic carbocycles. The first-order valence-electron chi connectivity index (χ1n) is 6.13. The Morgan fingerprint density at radius 1 is 1.44 bits per heavy atom. The molecule has 1 aliphatic carbocycles. The molecule has 1 saturated carbocycles. The van der Waals surface area contributed by atoms with Gasteiger partial charge in [-0.1, -0.05) is 19.8 Å². The van der Waals surface area contributed by atoms with Crippen LogP contribution in [0.1, 0.15) is 39.0 Å². The van der Waals surface area contributed by atoms with Gasteiger partial charge in [0.15, 0.2) is 0 Å². The zero-order valence-electron chi connectivity index (χ0n) is 9.74. The number of amides is 1. The molecule has 0 aromatic heterocycles. The first-order chi connectivity index (χ1) is 7.60. The molecule has 16 heavy (non-hydrogen) atoms. The highest BCUT2D eigenvalue weighted by Gasteiger charge is 2.53. The summed E-state index contributed by atoms with van der Waals surface area (Å²) in [7, 11) is 0. The third-order valence-corrected chi connectivity index (χ3v) is 4.18. The lowest BCUT2D eigenvalue weighted by molar-refractivity contribution is -0.166. The van der Waals surface area contributed by atoms with Crippen LogP contribution in [0.4, 0.5) is 0 Å². The van der Waals surface area contributed by atoms with Gasteiger partial charge in [0.05, 0.1) is 0 Å². The van der Waals surface area contributed by atoms with Gasteiger partial charge in [-0.2, -0.15) is 0 Å². The van der Waals surface area contributed by atoms with Gasteiger partial charge in [0.2, 0.25) is 5.91 Å². The number of aliphatic carboxylic acids is 1. The molecule has 1 amide bonds. The SMILES string of the molecule is CCC1CCN(C(=O)C2(C(=O)O)CCC2)C1. The van der Waals surface area contributed by atoms with E-state index in [4.69, 9.17) is 0 Å². The van der Waals surface area contributed by atoms with Crippen LogP contribution in [0.3, 0.4) is 0 Å². The monoisotopic (exact) mass is 225 g/mol. The summed E-state index contributed by atoms with van der Waals surface area (Å²) in [5.41, 5.74) is -1.07. The quantitative estimate of drug-likeness (QED) is 0.740. The van der Waals surface area contributed by atoms with Crippen molar-refractivity contribution in [2.24, 2.45) is 11.3 Å². The largest absolute Gasteiger partial charge is 0.480 e. The summed E-state index contributed by atoms with van der Waals surface area (Å²) in [6, 6.07) is 0. The van der Waals surface area contributed by atoms with E-state index in [1.165, 1.54) is 0 Å². The molecule has 1 unspecified atom stereocenters. The molecule has 2 aliphatic rings. The van der Waals surface area contributed by atoms with Crippen LogP contribution in [0.25, 0.3) is 0 Å². The van der Waals surface area contributed by atoms with Crippen LogP contribution in [0.15, 0.2) is 0 Å². The van der Waals surface area contributed by atoms with Crippen molar-refractivity contribution in [2.45, 2.75) is 39.0 Å². The van der Waals surface area contributed by atoms with Gasteiger partial charge in [-0.15, -0.1) is 0 Å². The molecular weight excluding hydrogens is 206 g/mol. The van der Waals surface area contributed by atoms with Crippen molar-refractivity contribution in [3.05, 3.63) is 0 Å². The molecule has 4 heteroatoms. The van der Waals surface area contributed by atoms with Crippen LogP contribution in [0.2, 0.25) is 0 Å². The van der Waals surface area contributed by atoms with E-state index in [1.54, 1.807) is 4.90 Å². The van der Waals surface area contributed by atoms with Crippen molar-refractivity contribution in [1.29, 1.82) is 0 Å². The highest BCUT2D eigenvalue weighted by atomic mass is 16.4. The van der Waals surface area contributed by atoms with Crippen LogP contribution >= 0.6 is 0 Å². The van der Waals surface area contributed by atoms with E-state index in [0.29, 0.717) is 18.8 Å². The number of carbonyl (C=O) groups excluding carboxylic acids is 1. The molecule has 0 aromatic rings. The average molecular weight is 225 g/mol. The Kier molecular flexibility index (Phi) is 2.91. The van der Waals surface area contributed by atoms with Crippen molar-refractivity contribution < 1.29 is 14.7 Å². The Hall–Kier alpha value is -1.06. The van der Waals surface area contributed by atoms with E-state index in [1.807, 2.05) is 0 Å². The van der Waals surface area contributed by atoms with Crippen molar-refractivity contribution in [3.63, 3.8) is 0 Å². The Labute approximate surface area is 95.6 Å². The molecule has 1 atom stereocenters. The van der Waals surface area contributed by atoms with Crippen LogP contribution in [-0.4, -0.2) is 35.0 Å². The lowest BCUT2D eigenvalue weighted by atomic mass is 9.68. The molecule has 2 fully saturated rings. The standard InChI is InChI=1S/C12H19NO3/c1-2-9-4-7-13(8-9)10(14)12(11(15)16)5-3-6-12/h9H,2-8H2,1H3,(H,15,16). The first kappa shape index (κ1) is 11.4. The third kappa shape index (κ3) is 1.60.